The first-order chi connectivity index (χ1) is 8.88. The summed E-state index contributed by atoms with van der Waals surface area (Å²) in [7, 11) is 1.68. The molecule has 3 heteroatoms. The van der Waals surface area contributed by atoms with Gasteiger partial charge in [0.2, 0.25) is 0 Å². The van der Waals surface area contributed by atoms with Crippen LogP contribution in [0.25, 0.3) is 11.3 Å². The van der Waals surface area contributed by atoms with E-state index in [9.17, 15) is 0 Å². The number of nitrogens with zero attached hydrogens (tertiary/aromatic N) is 1. The van der Waals surface area contributed by atoms with Crippen molar-refractivity contribution in [3.8, 4) is 17.0 Å². The fourth-order valence-corrected chi connectivity index (χ4v) is 2.38. The molecule has 2 heterocycles. The van der Waals surface area contributed by atoms with Crippen molar-refractivity contribution in [3.05, 3.63) is 42.1 Å². The lowest BCUT2D eigenvalue weighted by atomic mass is 9.99. The van der Waals surface area contributed by atoms with Crippen molar-refractivity contribution in [1.82, 2.24) is 4.98 Å². The van der Waals surface area contributed by atoms with Crippen molar-refractivity contribution in [2.45, 2.75) is 12.8 Å². The minimum Gasteiger partial charge on any atom is -0.494 e. The third kappa shape index (κ3) is 1.92. The van der Waals surface area contributed by atoms with Gasteiger partial charge in [0.1, 0.15) is 11.4 Å². The number of hydrogen-bond donors (Lipinski definition) is 1. The summed E-state index contributed by atoms with van der Waals surface area (Å²) in [5.74, 6) is 0.813. The van der Waals surface area contributed by atoms with Gasteiger partial charge in [0.05, 0.1) is 7.11 Å². The molecule has 0 aliphatic carbocycles. The SMILES string of the molecule is COc1cccnc1-c1ccc2c(c1)NCCC2. The Balaban J connectivity index is 2.06. The summed E-state index contributed by atoms with van der Waals surface area (Å²) in [5.41, 5.74) is 4.61. The number of rotatable bonds is 2. The van der Waals surface area contributed by atoms with Gasteiger partial charge in [-0.05, 0) is 36.6 Å². The molecule has 2 aromatic rings. The molecule has 0 saturated carbocycles. The lowest BCUT2D eigenvalue weighted by molar-refractivity contribution is 0.415. The van der Waals surface area contributed by atoms with E-state index in [0.717, 1.165) is 30.0 Å². The maximum absolute atomic E-state index is 5.36. The molecule has 0 spiro atoms. The Morgan fingerprint density at radius 2 is 2.22 bits per heavy atom. The zero-order valence-electron chi connectivity index (χ0n) is 10.4. The molecule has 0 atom stereocenters. The summed E-state index contributed by atoms with van der Waals surface area (Å²) in [6, 6.07) is 10.3. The normalized spacial score (nSPS) is 13.6. The quantitative estimate of drug-likeness (QED) is 0.875. The number of ether oxygens (including phenoxy) is 1. The molecule has 0 amide bonds. The molecule has 1 aliphatic rings. The van der Waals surface area contributed by atoms with Gasteiger partial charge < -0.3 is 10.1 Å². The second-order valence-corrected chi connectivity index (χ2v) is 4.46. The van der Waals surface area contributed by atoms with Crippen LogP contribution < -0.4 is 10.1 Å². The minimum absolute atomic E-state index is 0.813. The molecule has 1 aliphatic heterocycles. The van der Waals surface area contributed by atoms with E-state index in [2.05, 4.69) is 28.5 Å². The lowest BCUT2D eigenvalue weighted by Crippen LogP contribution is -2.11. The maximum atomic E-state index is 5.36. The Hall–Kier alpha value is -2.03. The highest BCUT2D eigenvalue weighted by molar-refractivity contribution is 5.72. The summed E-state index contributed by atoms with van der Waals surface area (Å²) >= 11 is 0. The standard InChI is InChI=1S/C15H16N2O/c1-18-14-5-3-9-17-15(14)12-7-6-11-4-2-8-16-13(11)10-12/h3,5-7,9-10,16H,2,4,8H2,1H3. The molecule has 3 rings (SSSR count). The van der Waals surface area contributed by atoms with Crippen molar-refractivity contribution in [2.75, 3.05) is 19.0 Å². The largest absolute Gasteiger partial charge is 0.494 e. The third-order valence-corrected chi connectivity index (χ3v) is 3.31. The minimum atomic E-state index is 0.813. The van der Waals surface area contributed by atoms with Crippen LogP contribution in [0.5, 0.6) is 5.75 Å². The van der Waals surface area contributed by atoms with Crippen LogP contribution in [0.15, 0.2) is 36.5 Å². The number of anilines is 1. The van der Waals surface area contributed by atoms with E-state index in [0.29, 0.717) is 0 Å². The summed E-state index contributed by atoms with van der Waals surface area (Å²) in [4.78, 5) is 4.42. The van der Waals surface area contributed by atoms with Crippen molar-refractivity contribution in [3.63, 3.8) is 0 Å². The Kier molecular flexibility index (Phi) is 2.89. The van der Waals surface area contributed by atoms with Crippen LogP contribution in [0.4, 0.5) is 5.69 Å². The highest BCUT2D eigenvalue weighted by Crippen LogP contribution is 2.32. The van der Waals surface area contributed by atoms with Gasteiger partial charge in [-0.3, -0.25) is 4.98 Å². The van der Waals surface area contributed by atoms with Crippen LogP contribution in [-0.2, 0) is 6.42 Å². The zero-order chi connectivity index (χ0) is 12.4. The molecule has 3 nitrogen and oxygen atoms in total. The molecule has 0 radical (unpaired) electrons. The van der Waals surface area contributed by atoms with Crippen LogP contribution in [0, 0.1) is 0 Å². The third-order valence-electron chi connectivity index (χ3n) is 3.31. The van der Waals surface area contributed by atoms with E-state index in [1.165, 1.54) is 17.7 Å². The van der Waals surface area contributed by atoms with Crippen LogP contribution >= 0.6 is 0 Å². The molecule has 0 saturated heterocycles. The summed E-state index contributed by atoms with van der Waals surface area (Å²) < 4.78 is 5.36. The number of nitrogens with one attached hydrogen (secondary N) is 1. The molecule has 1 aromatic carbocycles. The molecule has 92 valence electrons. The number of aromatic nitrogens is 1. The van der Waals surface area contributed by atoms with Gasteiger partial charge in [0.25, 0.3) is 0 Å². The fourth-order valence-electron chi connectivity index (χ4n) is 2.38. The van der Waals surface area contributed by atoms with E-state index in [1.807, 2.05) is 12.1 Å². The van der Waals surface area contributed by atoms with Crippen LogP contribution in [0.1, 0.15) is 12.0 Å². The van der Waals surface area contributed by atoms with Crippen LogP contribution in [-0.4, -0.2) is 18.6 Å². The molecule has 1 N–H and O–H groups in total. The molecule has 0 bridgehead atoms. The predicted octanol–water partition coefficient (Wildman–Crippen LogP) is 3.12. The van der Waals surface area contributed by atoms with Gasteiger partial charge in [0, 0.05) is 24.0 Å². The fraction of sp³-hybridized carbons (Fsp3) is 0.267. The van der Waals surface area contributed by atoms with Crippen LogP contribution in [0.2, 0.25) is 0 Å². The number of pyridine rings is 1. The van der Waals surface area contributed by atoms with Crippen molar-refractivity contribution in [2.24, 2.45) is 0 Å². The van der Waals surface area contributed by atoms with Crippen molar-refractivity contribution < 1.29 is 4.74 Å². The molecular formula is C15H16N2O. The highest BCUT2D eigenvalue weighted by Gasteiger charge is 2.12. The smallest absolute Gasteiger partial charge is 0.145 e. The van der Waals surface area contributed by atoms with Crippen molar-refractivity contribution in [1.29, 1.82) is 0 Å². The maximum Gasteiger partial charge on any atom is 0.145 e. The number of hydrogen-bond acceptors (Lipinski definition) is 3. The molecule has 0 unspecified atom stereocenters. The lowest BCUT2D eigenvalue weighted by Gasteiger charge is -2.19. The second-order valence-electron chi connectivity index (χ2n) is 4.46. The van der Waals surface area contributed by atoms with E-state index < -0.39 is 0 Å². The number of aryl methyl sites for hydroxylation is 1. The Bertz CT molecular complexity index is 566. The number of methoxy groups -OCH3 is 1. The van der Waals surface area contributed by atoms with Gasteiger partial charge in [0.15, 0.2) is 0 Å². The van der Waals surface area contributed by atoms with E-state index >= 15 is 0 Å². The molecule has 18 heavy (non-hydrogen) atoms. The molecular weight excluding hydrogens is 224 g/mol. The summed E-state index contributed by atoms with van der Waals surface area (Å²) in [6.45, 7) is 1.05. The van der Waals surface area contributed by atoms with Gasteiger partial charge in [-0.2, -0.15) is 0 Å². The topological polar surface area (TPSA) is 34.1 Å². The Morgan fingerprint density at radius 3 is 3.11 bits per heavy atom. The average molecular weight is 240 g/mol. The molecule has 0 fully saturated rings. The number of fused-ring (bicyclic) bond motifs is 1. The average Bonchev–Trinajstić information content (AvgIpc) is 2.46. The van der Waals surface area contributed by atoms with Gasteiger partial charge in [-0.1, -0.05) is 12.1 Å². The highest BCUT2D eigenvalue weighted by atomic mass is 16.5. The Morgan fingerprint density at radius 1 is 1.28 bits per heavy atom. The summed E-state index contributed by atoms with van der Waals surface area (Å²) in [5, 5.41) is 3.44. The van der Waals surface area contributed by atoms with Crippen LogP contribution in [0.3, 0.4) is 0 Å². The first-order valence-corrected chi connectivity index (χ1v) is 6.24. The Labute approximate surface area is 107 Å². The zero-order valence-corrected chi connectivity index (χ0v) is 10.4. The van der Waals surface area contributed by atoms with E-state index in [-0.39, 0.29) is 0 Å². The second kappa shape index (κ2) is 4.69. The number of benzene rings is 1. The monoisotopic (exact) mass is 240 g/mol. The predicted molar refractivity (Wildman–Crippen MR) is 73.0 cm³/mol. The van der Waals surface area contributed by atoms with Gasteiger partial charge in [-0.15, -0.1) is 0 Å². The summed E-state index contributed by atoms with van der Waals surface area (Å²) in [6.07, 6.45) is 4.16. The first kappa shape index (κ1) is 11.1. The molecule has 1 aromatic heterocycles. The van der Waals surface area contributed by atoms with E-state index in [1.54, 1.807) is 13.3 Å². The van der Waals surface area contributed by atoms with Crippen molar-refractivity contribution >= 4 is 5.69 Å². The van der Waals surface area contributed by atoms with E-state index in [4.69, 9.17) is 4.74 Å². The van der Waals surface area contributed by atoms with Gasteiger partial charge in [-0.25, -0.2) is 0 Å². The van der Waals surface area contributed by atoms with Gasteiger partial charge >= 0.3 is 0 Å². The first-order valence-electron chi connectivity index (χ1n) is 6.24.